The number of carbonyl (C=O) groups excluding carboxylic acids is 1. The second-order valence-electron chi connectivity index (χ2n) is 8.92. The Bertz CT molecular complexity index is 1350. The van der Waals surface area contributed by atoms with Crippen LogP contribution in [0.15, 0.2) is 41.4 Å². The lowest BCUT2D eigenvalue weighted by Gasteiger charge is -2.40. The van der Waals surface area contributed by atoms with Crippen LogP contribution in [0.4, 0.5) is 0 Å². The first kappa shape index (κ1) is 21.6. The van der Waals surface area contributed by atoms with Gasteiger partial charge in [-0.25, -0.2) is 4.68 Å². The number of nitrogens with zero attached hydrogens (tertiary/aromatic N) is 4. The van der Waals surface area contributed by atoms with Crippen molar-refractivity contribution < 1.29 is 9.53 Å². The number of aromatic amines is 1. The molecule has 0 radical (unpaired) electrons. The average molecular weight is 448 g/mol. The quantitative estimate of drug-likeness (QED) is 0.588. The van der Waals surface area contributed by atoms with Crippen molar-refractivity contribution in [2.75, 3.05) is 39.9 Å². The molecule has 3 aromatic rings. The van der Waals surface area contributed by atoms with Crippen LogP contribution in [0.1, 0.15) is 29.3 Å². The van der Waals surface area contributed by atoms with E-state index in [0.717, 1.165) is 48.3 Å². The minimum atomic E-state index is -0.176. The zero-order chi connectivity index (χ0) is 23.1. The Morgan fingerprint density at radius 1 is 1.27 bits per heavy atom. The Labute approximate surface area is 192 Å². The molecule has 8 heteroatoms. The molecule has 2 aliphatic rings. The second-order valence-corrected chi connectivity index (χ2v) is 8.92. The number of aromatic nitrogens is 3. The van der Waals surface area contributed by atoms with Crippen LogP contribution < -0.4 is 5.56 Å². The highest BCUT2D eigenvalue weighted by Gasteiger charge is 2.28. The fraction of sp³-hybridized carbons (Fsp3) is 0.400. The van der Waals surface area contributed by atoms with Crippen molar-refractivity contribution in [1.82, 2.24) is 24.6 Å². The number of methoxy groups -OCH3 is 1. The molecule has 5 rings (SSSR count). The van der Waals surface area contributed by atoms with Gasteiger partial charge in [0, 0.05) is 56.9 Å². The molecule has 33 heavy (non-hydrogen) atoms. The number of ether oxygens (including phenoxy) is 1. The molecule has 1 fully saturated rings. The first-order chi connectivity index (χ1) is 16.0. The Morgan fingerprint density at radius 3 is 2.79 bits per heavy atom. The number of amides is 1. The number of benzene rings is 1. The monoisotopic (exact) mass is 447 g/mol. The van der Waals surface area contributed by atoms with E-state index in [9.17, 15) is 9.59 Å². The summed E-state index contributed by atoms with van der Waals surface area (Å²) in [6, 6.07) is 4.11. The van der Waals surface area contributed by atoms with Crippen LogP contribution in [-0.2, 0) is 4.74 Å². The van der Waals surface area contributed by atoms with Crippen LogP contribution in [0.5, 0.6) is 0 Å². The number of aryl methyl sites for hydroxylation is 1. The normalized spacial score (nSPS) is 18.7. The van der Waals surface area contributed by atoms with Crippen molar-refractivity contribution in [3.05, 3.63) is 58.0 Å². The maximum absolute atomic E-state index is 13.6. The Morgan fingerprint density at radius 2 is 2.09 bits per heavy atom. The standard InChI is InChI=1S/C25H29N5O3/c1-16-12-22-20(23-21(24(31)27-22)14-26-30(23)18-6-4-7-18)13-19(16)25(32)29-10-9-28(17(2)15-29)8-5-11-33-3/h4,6-7,12-14,17H,5,8-11,15H2,1-3H3,(H,27,31)/t17-/m0/s1. The molecule has 8 nitrogen and oxygen atoms in total. The summed E-state index contributed by atoms with van der Waals surface area (Å²) in [5, 5.41) is 5.77. The lowest BCUT2D eigenvalue weighted by atomic mass is 10.0. The van der Waals surface area contributed by atoms with Gasteiger partial charge in [0.2, 0.25) is 0 Å². The van der Waals surface area contributed by atoms with Gasteiger partial charge in [0.25, 0.3) is 11.5 Å². The molecule has 1 saturated heterocycles. The summed E-state index contributed by atoms with van der Waals surface area (Å²) >= 11 is 0. The molecule has 1 N–H and O–H groups in total. The predicted molar refractivity (Wildman–Crippen MR) is 129 cm³/mol. The van der Waals surface area contributed by atoms with E-state index < -0.39 is 0 Å². The fourth-order valence-corrected chi connectivity index (χ4v) is 4.81. The van der Waals surface area contributed by atoms with Crippen molar-refractivity contribution in [3.8, 4) is 0 Å². The van der Waals surface area contributed by atoms with Crippen LogP contribution in [0.3, 0.4) is 0 Å². The van der Waals surface area contributed by atoms with Crippen molar-refractivity contribution in [3.63, 3.8) is 0 Å². The zero-order valence-corrected chi connectivity index (χ0v) is 19.3. The maximum Gasteiger partial charge on any atom is 0.259 e. The summed E-state index contributed by atoms with van der Waals surface area (Å²) in [6.07, 6.45) is 8.42. The van der Waals surface area contributed by atoms with Gasteiger partial charge in [-0.1, -0.05) is 6.08 Å². The SMILES string of the molecule is COCCCN1CCN(C(=O)c2cc3c(cc2C)[nH]c(=O)c2cnn(C4=CC=C4)c23)C[C@@H]1C. The summed E-state index contributed by atoms with van der Waals surface area (Å²) in [7, 11) is 1.72. The van der Waals surface area contributed by atoms with E-state index in [0.29, 0.717) is 35.6 Å². The molecule has 0 unspecified atom stereocenters. The van der Waals surface area contributed by atoms with E-state index in [1.165, 1.54) is 0 Å². The number of hydrogen-bond acceptors (Lipinski definition) is 5. The lowest BCUT2D eigenvalue weighted by Crippen LogP contribution is -2.53. The topological polar surface area (TPSA) is 83.5 Å². The molecule has 0 saturated carbocycles. The highest BCUT2D eigenvalue weighted by molar-refractivity contribution is 6.08. The molecular weight excluding hydrogens is 418 g/mol. The second kappa shape index (κ2) is 8.61. The smallest absolute Gasteiger partial charge is 0.259 e. The highest BCUT2D eigenvalue weighted by atomic mass is 16.5. The Balaban J connectivity index is 1.48. The first-order valence-electron chi connectivity index (χ1n) is 11.4. The van der Waals surface area contributed by atoms with Gasteiger partial charge in [0.1, 0.15) is 0 Å². The summed E-state index contributed by atoms with van der Waals surface area (Å²) in [5.41, 5.74) is 3.71. The number of hydrogen-bond donors (Lipinski definition) is 1. The largest absolute Gasteiger partial charge is 0.385 e. The predicted octanol–water partition coefficient (Wildman–Crippen LogP) is 2.78. The molecule has 1 aromatic carbocycles. The lowest BCUT2D eigenvalue weighted by molar-refractivity contribution is 0.0490. The summed E-state index contributed by atoms with van der Waals surface area (Å²) < 4.78 is 6.95. The summed E-state index contributed by atoms with van der Waals surface area (Å²) in [6.45, 7) is 8.08. The van der Waals surface area contributed by atoms with E-state index in [2.05, 4.69) is 21.9 Å². The van der Waals surface area contributed by atoms with E-state index in [4.69, 9.17) is 4.74 Å². The molecule has 1 aliphatic carbocycles. The number of nitrogens with one attached hydrogen (secondary N) is 1. The van der Waals surface area contributed by atoms with Crippen LogP contribution in [0.25, 0.3) is 27.5 Å². The number of piperazine rings is 1. The average Bonchev–Trinajstić information content (AvgIpc) is 3.18. The van der Waals surface area contributed by atoms with Gasteiger partial charge in [0.05, 0.1) is 28.3 Å². The minimum Gasteiger partial charge on any atom is -0.385 e. The van der Waals surface area contributed by atoms with Gasteiger partial charge in [0.15, 0.2) is 0 Å². The number of allylic oxidation sites excluding steroid dienone is 4. The zero-order valence-electron chi connectivity index (χ0n) is 19.3. The highest BCUT2D eigenvalue weighted by Crippen LogP contribution is 2.29. The third kappa shape index (κ3) is 3.79. The molecule has 1 atom stereocenters. The van der Waals surface area contributed by atoms with E-state index in [1.807, 2.05) is 42.2 Å². The Kier molecular flexibility index (Phi) is 5.64. The number of carbonyl (C=O) groups is 1. The molecule has 0 bridgehead atoms. The molecule has 2 aromatic heterocycles. The van der Waals surface area contributed by atoms with Gasteiger partial charge in [-0.3, -0.25) is 14.5 Å². The molecule has 1 amide bonds. The van der Waals surface area contributed by atoms with Crippen LogP contribution in [0.2, 0.25) is 0 Å². The van der Waals surface area contributed by atoms with Crippen molar-refractivity contribution in [2.45, 2.75) is 26.3 Å². The van der Waals surface area contributed by atoms with E-state index in [-0.39, 0.29) is 11.5 Å². The number of fused-ring (bicyclic) bond motifs is 3. The number of H-pyrrole nitrogens is 1. The van der Waals surface area contributed by atoms with E-state index >= 15 is 0 Å². The molecule has 0 spiro atoms. The summed E-state index contributed by atoms with van der Waals surface area (Å²) in [5.74, 6) is 0.0333. The van der Waals surface area contributed by atoms with Gasteiger partial charge in [-0.05, 0) is 50.1 Å². The van der Waals surface area contributed by atoms with Gasteiger partial charge >= 0.3 is 0 Å². The van der Waals surface area contributed by atoms with Gasteiger partial charge in [-0.2, -0.15) is 5.10 Å². The summed E-state index contributed by atoms with van der Waals surface area (Å²) in [4.78, 5) is 33.5. The molecule has 3 heterocycles. The van der Waals surface area contributed by atoms with Crippen LogP contribution in [0, 0.1) is 6.92 Å². The minimum absolute atomic E-state index is 0.0333. The van der Waals surface area contributed by atoms with Gasteiger partial charge < -0.3 is 14.6 Å². The van der Waals surface area contributed by atoms with Gasteiger partial charge in [-0.15, -0.1) is 0 Å². The molecule has 172 valence electrons. The fourth-order valence-electron chi connectivity index (χ4n) is 4.81. The first-order valence-corrected chi connectivity index (χ1v) is 11.4. The maximum atomic E-state index is 13.6. The number of rotatable bonds is 6. The van der Waals surface area contributed by atoms with Crippen molar-refractivity contribution >= 4 is 33.4 Å². The number of pyridine rings is 1. The molecule has 1 aliphatic heterocycles. The van der Waals surface area contributed by atoms with Crippen LogP contribution in [-0.4, -0.2) is 76.4 Å². The third-order valence-corrected chi connectivity index (χ3v) is 6.74. The van der Waals surface area contributed by atoms with Crippen molar-refractivity contribution in [2.24, 2.45) is 0 Å². The molecular formula is C25H29N5O3. The Hall–Kier alpha value is -3.23. The van der Waals surface area contributed by atoms with E-state index in [1.54, 1.807) is 18.0 Å². The van der Waals surface area contributed by atoms with Crippen LogP contribution >= 0.6 is 0 Å². The third-order valence-electron chi connectivity index (χ3n) is 6.74. The van der Waals surface area contributed by atoms with Crippen molar-refractivity contribution in [1.29, 1.82) is 0 Å².